The van der Waals surface area contributed by atoms with E-state index in [-0.39, 0.29) is 22.9 Å². The third kappa shape index (κ3) is 8.31. The minimum absolute atomic E-state index is 0.0101. The molecule has 1 amide bonds. The second kappa shape index (κ2) is 11.6. The van der Waals surface area contributed by atoms with Gasteiger partial charge in [0.1, 0.15) is 46.4 Å². The molecule has 0 aliphatic carbocycles. The summed E-state index contributed by atoms with van der Waals surface area (Å²) < 4.78 is 113. The van der Waals surface area contributed by atoms with Crippen LogP contribution >= 0.6 is 0 Å². The van der Waals surface area contributed by atoms with Gasteiger partial charge in [-0.05, 0) is 36.4 Å². The quantitative estimate of drug-likeness (QED) is 0.248. The summed E-state index contributed by atoms with van der Waals surface area (Å²) in [7, 11) is 5.75. The van der Waals surface area contributed by atoms with Gasteiger partial charge in [0.25, 0.3) is 5.91 Å². The number of hydrogen-bond donors (Lipinski definition) is 1. The summed E-state index contributed by atoms with van der Waals surface area (Å²) in [5.74, 6) is -6.60. The highest BCUT2D eigenvalue weighted by Gasteiger charge is 2.38. The number of alkyl halides is 6. The number of benzene rings is 2. The van der Waals surface area contributed by atoms with Crippen molar-refractivity contribution in [2.24, 2.45) is 0 Å². The lowest BCUT2D eigenvalue weighted by Crippen LogP contribution is -2.37. The summed E-state index contributed by atoms with van der Waals surface area (Å²) in [5, 5.41) is 1.10. The van der Waals surface area contributed by atoms with Gasteiger partial charge in [-0.25, -0.2) is 14.2 Å². The maximum absolute atomic E-state index is 15.2. The number of aromatic nitrogens is 1. The van der Waals surface area contributed by atoms with Crippen LogP contribution < -0.4 is 19.5 Å². The minimum atomic E-state index is -5.20. The van der Waals surface area contributed by atoms with Crippen LogP contribution in [0.25, 0.3) is 0 Å². The second-order valence-corrected chi connectivity index (χ2v) is 9.15. The molecule has 0 unspecified atom stereocenters. The van der Waals surface area contributed by atoms with Crippen LogP contribution in [0.4, 0.5) is 36.6 Å². The number of anilines is 1. The zero-order chi connectivity index (χ0) is 30.8. The van der Waals surface area contributed by atoms with Gasteiger partial charge in [0.2, 0.25) is 0 Å². The molecule has 2 aromatic carbocycles. The highest BCUT2D eigenvalue weighted by molar-refractivity contribution is 6.58. The van der Waals surface area contributed by atoms with Gasteiger partial charge in [-0.1, -0.05) is 0 Å². The van der Waals surface area contributed by atoms with Crippen LogP contribution in [0.2, 0.25) is 0 Å². The van der Waals surface area contributed by atoms with E-state index in [4.69, 9.17) is 9.47 Å². The van der Waals surface area contributed by atoms with Gasteiger partial charge >= 0.3 is 18.5 Å². The van der Waals surface area contributed by atoms with Gasteiger partial charge in [-0.2, -0.15) is 13.2 Å². The van der Waals surface area contributed by atoms with Crippen LogP contribution in [0, 0.1) is 5.82 Å². The predicted octanol–water partition coefficient (Wildman–Crippen LogP) is 2.86. The lowest BCUT2D eigenvalue weighted by molar-refractivity contribution is -0.274. The van der Waals surface area contributed by atoms with E-state index in [0.717, 1.165) is 37.6 Å². The Morgan fingerprint density at radius 3 is 2.07 bits per heavy atom. The summed E-state index contributed by atoms with van der Waals surface area (Å²) in [6.07, 6.45) is -9.25. The van der Waals surface area contributed by atoms with Gasteiger partial charge in [0, 0.05) is 17.6 Å². The lowest BCUT2D eigenvalue weighted by Gasteiger charge is -2.25. The van der Waals surface area contributed by atoms with Crippen molar-refractivity contribution in [2.75, 3.05) is 12.4 Å². The predicted molar refractivity (Wildman–Crippen MR) is 137 cm³/mol. The molecule has 0 bridgehead atoms. The van der Waals surface area contributed by atoms with Crippen molar-refractivity contribution in [1.82, 2.24) is 4.98 Å². The molecular weight excluding hydrogens is 566 g/mol. The monoisotopic (exact) mass is 584 g/mol. The molecular formula is C23H18B3F7N2O6. The third-order valence-electron chi connectivity index (χ3n) is 4.85. The lowest BCUT2D eigenvalue weighted by atomic mass is 9.52. The highest BCUT2D eigenvalue weighted by atomic mass is 19.4. The number of hydrogen-bond acceptors (Lipinski definition) is 7. The number of pyridine rings is 1. The molecule has 41 heavy (non-hydrogen) atoms. The Kier molecular flexibility index (Phi) is 8.84. The van der Waals surface area contributed by atoms with Gasteiger partial charge in [0.15, 0.2) is 17.3 Å². The summed E-state index contributed by atoms with van der Waals surface area (Å²) >= 11 is 0. The molecule has 3 rings (SSSR count). The number of esters is 1. The van der Waals surface area contributed by atoms with Gasteiger partial charge in [-0.15, -0.1) is 13.2 Å². The Bertz CT molecular complexity index is 1450. The molecule has 3 aromatic rings. The van der Waals surface area contributed by atoms with E-state index in [2.05, 4.69) is 19.8 Å². The van der Waals surface area contributed by atoms with Crippen LogP contribution in [-0.4, -0.2) is 59.2 Å². The highest BCUT2D eigenvalue weighted by Crippen LogP contribution is 2.41. The van der Waals surface area contributed by atoms with E-state index in [9.17, 15) is 35.9 Å². The molecule has 0 radical (unpaired) electrons. The molecule has 0 aliphatic heterocycles. The normalized spacial score (nSPS) is 11.9. The maximum atomic E-state index is 15.2. The fourth-order valence-electron chi connectivity index (χ4n) is 3.26. The largest absolute Gasteiger partial charge is 0.573 e. The van der Waals surface area contributed by atoms with E-state index >= 15 is 4.39 Å². The van der Waals surface area contributed by atoms with E-state index in [0.29, 0.717) is 12.1 Å². The zero-order valence-corrected chi connectivity index (χ0v) is 21.7. The molecule has 0 spiro atoms. The maximum Gasteiger partial charge on any atom is 0.573 e. The fourth-order valence-corrected chi connectivity index (χ4v) is 3.26. The molecule has 1 aromatic heterocycles. The summed E-state index contributed by atoms with van der Waals surface area (Å²) in [4.78, 5) is 28.4. The summed E-state index contributed by atoms with van der Waals surface area (Å²) in [5.41, 5.74) is -3.00. The van der Waals surface area contributed by atoms with Crippen LogP contribution in [0.5, 0.6) is 23.0 Å². The first-order valence-electron chi connectivity index (χ1n) is 11.4. The Labute approximate surface area is 230 Å². The molecule has 0 saturated heterocycles. The first-order chi connectivity index (χ1) is 18.9. The Balaban J connectivity index is 2.07. The molecule has 0 fully saturated rings. The molecule has 0 aliphatic rings. The van der Waals surface area contributed by atoms with Gasteiger partial charge in [0.05, 0.1) is 18.2 Å². The standard InChI is InChI=1S/C23H18B3F7N2O6/c1-38-20(37)10-2-7-16(34-9-10)35-19(36)17-14(6-4-12(18(17)27)21(28,29)30)39-13-5-3-11(40-23(31,32)33)8-15(13)41-22(24,25)26/h2-9H,24-26H2,1H3,(H,34,35,36). The number of carbonyl (C=O) groups is 2. The summed E-state index contributed by atoms with van der Waals surface area (Å²) in [6, 6.07) is 5.87. The van der Waals surface area contributed by atoms with Crippen molar-refractivity contribution >= 4 is 41.2 Å². The smallest absolute Gasteiger partial charge is 0.510 e. The Morgan fingerprint density at radius 1 is 0.878 bits per heavy atom. The average Bonchev–Trinajstić information content (AvgIpc) is 2.83. The van der Waals surface area contributed by atoms with E-state index in [1.165, 1.54) is 6.07 Å². The number of ether oxygens (including phenoxy) is 4. The van der Waals surface area contributed by atoms with Crippen molar-refractivity contribution < 1.29 is 59.3 Å². The van der Waals surface area contributed by atoms with Crippen molar-refractivity contribution in [1.29, 1.82) is 0 Å². The topological polar surface area (TPSA) is 96.0 Å². The number of amides is 1. The Hall–Kier alpha value is -4.37. The SMILES string of the molecule is BC(B)(B)Oc1cc(OC(F)(F)F)ccc1Oc1ccc(C(F)(F)F)c(F)c1C(=O)Nc1ccc(C(=O)OC)cn1. The molecule has 8 nitrogen and oxygen atoms in total. The molecule has 0 atom stereocenters. The average molecular weight is 584 g/mol. The fraction of sp³-hybridized carbons (Fsp3) is 0.174. The van der Waals surface area contributed by atoms with Crippen LogP contribution in [0.15, 0.2) is 48.7 Å². The number of nitrogens with one attached hydrogen (secondary N) is 1. The van der Waals surface area contributed by atoms with Crippen molar-refractivity contribution in [3.05, 3.63) is 71.2 Å². The first kappa shape index (κ1) is 31.2. The van der Waals surface area contributed by atoms with E-state index in [1.807, 2.05) is 0 Å². The van der Waals surface area contributed by atoms with Crippen molar-refractivity contribution in [3.8, 4) is 23.0 Å². The number of nitrogens with zero attached hydrogens (tertiary/aromatic N) is 1. The zero-order valence-electron chi connectivity index (χ0n) is 21.7. The molecule has 0 saturated carbocycles. The first-order valence-corrected chi connectivity index (χ1v) is 11.4. The van der Waals surface area contributed by atoms with Crippen molar-refractivity contribution in [3.63, 3.8) is 0 Å². The number of halogens is 7. The minimum Gasteiger partial charge on any atom is -0.510 e. The van der Waals surface area contributed by atoms with Gasteiger partial charge in [-0.3, -0.25) is 4.79 Å². The molecule has 1 N–H and O–H groups in total. The van der Waals surface area contributed by atoms with Crippen molar-refractivity contribution in [2.45, 2.75) is 17.8 Å². The Morgan fingerprint density at radius 2 is 1.54 bits per heavy atom. The van der Waals surface area contributed by atoms with Crippen LogP contribution in [0.1, 0.15) is 26.3 Å². The number of rotatable bonds is 8. The molecule has 18 heteroatoms. The molecule has 214 valence electrons. The van der Waals surface area contributed by atoms with Gasteiger partial charge < -0.3 is 24.3 Å². The van der Waals surface area contributed by atoms with E-state index < -0.39 is 58.2 Å². The summed E-state index contributed by atoms with van der Waals surface area (Å²) in [6.45, 7) is 0. The van der Waals surface area contributed by atoms with E-state index in [1.54, 1.807) is 23.5 Å². The van der Waals surface area contributed by atoms with Crippen LogP contribution in [0.3, 0.4) is 0 Å². The van der Waals surface area contributed by atoms with Crippen LogP contribution in [-0.2, 0) is 10.9 Å². The third-order valence-corrected chi connectivity index (χ3v) is 4.85. The molecule has 1 heterocycles. The number of carbonyl (C=O) groups excluding carboxylic acids is 2. The number of methoxy groups -OCH3 is 1. The second-order valence-electron chi connectivity index (χ2n) is 9.15.